The molecule has 2 nitrogen and oxygen atoms in total. The highest BCUT2D eigenvalue weighted by molar-refractivity contribution is 5.69. The standard InChI is InChI=1S/C13H22O2.C7H16.CH4I/c14-13(15)12-8-6-11(7-9-12)10-4-2-1-3-5-10;1-4-5-6-7(2)3;1-2/h10-12H,1-9H2,(H,14,15);7H,4-6H2,1-3H3;2H,1H3/q;;+1. The van der Waals surface area contributed by atoms with E-state index in [1.807, 2.05) is 27.5 Å². The Labute approximate surface area is 164 Å². The molecule has 2 fully saturated rings. The molecule has 0 aromatic heterocycles. The van der Waals surface area contributed by atoms with Crippen LogP contribution < -0.4 is 22.6 Å². The molecule has 0 heterocycles. The van der Waals surface area contributed by atoms with E-state index in [9.17, 15) is 4.79 Å². The van der Waals surface area contributed by atoms with Crippen molar-refractivity contribution in [2.45, 2.75) is 97.8 Å². The van der Waals surface area contributed by atoms with Gasteiger partial charge in [0.25, 0.3) is 0 Å². The Morgan fingerprint density at radius 1 is 0.958 bits per heavy atom. The normalized spacial score (nSPS) is 24.4. The van der Waals surface area contributed by atoms with Crippen molar-refractivity contribution >= 4 is 5.97 Å². The molecule has 0 aromatic rings. The van der Waals surface area contributed by atoms with Crippen molar-refractivity contribution in [1.82, 2.24) is 0 Å². The molecule has 0 aromatic carbocycles. The summed E-state index contributed by atoms with van der Waals surface area (Å²) in [6.07, 6.45) is 15.4. The summed E-state index contributed by atoms with van der Waals surface area (Å²) in [5, 5.41) is 8.93. The Bertz CT molecular complexity index is 290. The minimum atomic E-state index is -0.572. The molecule has 0 radical (unpaired) electrons. The maximum Gasteiger partial charge on any atom is 0.306 e. The van der Waals surface area contributed by atoms with Gasteiger partial charge in [-0.1, -0.05) is 72.1 Å². The SMILES string of the molecule is CCCCC(C)C.C[IH+].O=C(O)C1CCC(C2CCCCC2)CC1. The Hall–Kier alpha value is 0.200. The first-order valence-electron chi connectivity index (χ1n) is 10.2. The van der Waals surface area contributed by atoms with Crippen molar-refractivity contribution in [1.29, 1.82) is 0 Å². The van der Waals surface area contributed by atoms with Crippen LogP contribution in [0.5, 0.6) is 0 Å². The van der Waals surface area contributed by atoms with E-state index in [2.05, 4.69) is 20.8 Å². The van der Waals surface area contributed by atoms with E-state index in [1.165, 1.54) is 64.2 Å². The number of hydrogen-bond acceptors (Lipinski definition) is 1. The lowest BCUT2D eigenvalue weighted by Crippen LogP contribution is -3.32. The van der Waals surface area contributed by atoms with E-state index in [4.69, 9.17) is 5.11 Å². The topological polar surface area (TPSA) is 37.3 Å². The number of aliphatic carboxylic acids is 1. The fourth-order valence-electron chi connectivity index (χ4n) is 4.06. The second-order valence-corrected chi connectivity index (χ2v) is 7.88. The van der Waals surface area contributed by atoms with E-state index in [-0.39, 0.29) is 5.92 Å². The maximum atomic E-state index is 10.8. The largest absolute Gasteiger partial charge is 0.481 e. The number of unbranched alkanes of at least 4 members (excludes halogenated alkanes) is 1. The fraction of sp³-hybridized carbons (Fsp3) is 0.952. The lowest BCUT2D eigenvalue weighted by molar-refractivity contribution is -0.325. The molecule has 2 saturated carbocycles. The molecule has 0 atom stereocenters. The van der Waals surface area contributed by atoms with Gasteiger partial charge >= 0.3 is 5.97 Å². The molecule has 0 amide bonds. The van der Waals surface area contributed by atoms with Crippen LogP contribution in [0.4, 0.5) is 0 Å². The van der Waals surface area contributed by atoms with Gasteiger partial charge in [0.05, 0.1) is 5.92 Å². The second kappa shape index (κ2) is 15.5. The molecule has 0 unspecified atom stereocenters. The Morgan fingerprint density at radius 2 is 1.46 bits per heavy atom. The zero-order valence-corrected chi connectivity index (χ0v) is 18.9. The van der Waals surface area contributed by atoms with Crippen LogP contribution >= 0.6 is 0 Å². The molecule has 0 bridgehead atoms. The first-order valence-corrected chi connectivity index (χ1v) is 12.5. The zero-order valence-electron chi connectivity index (χ0n) is 16.6. The van der Waals surface area contributed by atoms with Crippen LogP contribution in [-0.2, 0) is 4.79 Å². The number of carboxylic acid groups (broad SMARTS) is 1. The predicted molar refractivity (Wildman–Crippen MR) is 101 cm³/mol. The van der Waals surface area contributed by atoms with Crippen LogP contribution in [0.2, 0.25) is 0 Å². The number of rotatable bonds is 5. The first kappa shape index (κ1) is 24.2. The van der Waals surface area contributed by atoms with Crippen LogP contribution in [0.25, 0.3) is 0 Å². The first-order chi connectivity index (χ1) is 11.5. The van der Waals surface area contributed by atoms with Crippen LogP contribution in [0.15, 0.2) is 0 Å². The van der Waals surface area contributed by atoms with Gasteiger partial charge in [0.2, 0.25) is 22.6 Å². The Balaban J connectivity index is 0.000000501. The Morgan fingerprint density at radius 3 is 1.83 bits per heavy atom. The fourth-order valence-corrected chi connectivity index (χ4v) is 4.06. The molecule has 0 saturated heterocycles. The molecule has 144 valence electrons. The molecule has 2 aliphatic carbocycles. The average molecular weight is 453 g/mol. The van der Waals surface area contributed by atoms with Gasteiger partial charge in [-0.3, -0.25) is 4.79 Å². The van der Waals surface area contributed by atoms with Crippen LogP contribution in [0.3, 0.4) is 0 Å². The summed E-state index contributed by atoms with van der Waals surface area (Å²) in [6, 6.07) is 0. The predicted octanol–water partition coefficient (Wildman–Crippen LogP) is 3.19. The van der Waals surface area contributed by atoms with Gasteiger partial charge in [0.15, 0.2) is 0 Å². The zero-order chi connectivity index (χ0) is 18.4. The molecule has 0 spiro atoms. The second-order valence-electron chi connectivity index (χ2n) is 7.88. The molecule has 3 heteroatoms. The molecular weight excluding hydrogens is 411 g/mol. The summed E-state index contributed by atoms with van der Waals surface area (Å²) in [6.45, 7) is 6.79. The monoisotopic (exact) mass is 453 g/mol. The Kier molecular flexibility index (Phi) is 15.6. The van der Waals surface area contributed by atoms with Crippen molar-refractivity contribution in [3.05, 3.63) is 0 Å². The van der Waals surface area contributed by atoms with E-state index in [0.29, 0.717) is 0 Å². The van der Waals surface area contributed by atoms with Gasteiger partial charge in [0, 0.05) is 0 Å². The van der Waals surface area contributed by atoms with E-state index in [0.717, 1.165) is 30.6 Å². The van der Waals surface area contributed by atoms with Crippen LogP contribution in [0, 0.1) is 23.7 Å². The van der Waals surface area contributed by atoms with Gasteiger partial charge in [-0.05, 0) is 43.4 Å². The van der Waals surface area contributed by atoms with E-state index < -0.39 is 5.97 Å². The highest BCUT2D eigenvalue weighted by Crippen LogP contribution is 2.39. The lowest BCUT2D eigenvalue weighted by Gasteiger charge is -2.34. The smallest absolute Gasteiger partial charge is 0.306 e. The highest BCUT2D eigenvalue weighted by Gasteiger charge is 2.30. The number of carbonyl (C=O) groups is 1. The van der Waals surface area contributed by atoms with Crippen molar-refractivity contribution in [2.75, 3.05) is 4.93 Å². The third kappa shape index (κ3) is 10.9. The maximum absolute atomic E-state index is 10.8. The molecule has 2 rings (SSSR count). The number of halogens is 1. The summed E-state index contributed by atoms with van der Waals surface area (Å²) in [5.74, 6) is 2.07. The summed E-state index contributed by atoms with van der Waals surface area (Å²) in [4.78, 5) is 12.8. The van der Waals surface area contributed by atoms with Crippen molar-refractivity contribution in [2.24, 2.45) is 23.7 Å². The van der Waals surface area contributed by atoms with Crippen molar-refractivity contribution in [3.63, 3.8) is 0 Å². The third-order valence-electron chi connectivity index (χ3n) is 5.57. The van der Waals surface area contributed by atoms with Gasteiger partial charge < -0.3 is 5.11 Å². The molecular formula is C21H42IO2+. The summed E-state index contributed by atoms with van der Waals surface area (Å²) >= 11 is 1.95. The van der Waals surface area contributed by atoms with E-state index in [1.54, 1.807) is 0 Å². The van der Waals surface area contributed by atoms with Gasteiger partial charge in [-0.25, -0.2) is 0 Å². The third-order valence-corrected chi connectivity index (χ3v) is 5.57. The number of alkyl halides is 1. The van der Waals surface area contributed by atoms with Crippen LogP contribution in [-0.4, -0.2) is 16.0 Å². The summed E-state index contributed by atoms with van der Waals surface area (Å²) < 4.78 is 0. The minimum Gasteiger partial charge on any atom is -0.481 e. The average Bonchev–Trinajstić information content (AvgIpc) is 2.63. The number of carboxylic acids is 1. The minimum absolute atomic E-state index is 0.0372. The molecule has 24 heavy (non-hydrogen) atoms. The van der Waals surface area contributed by atoms with Gasteiger partial charge in [-0.2, -0.15) is 0 Å². The summed E-state index contributed by atoms with van der Waals surface area (Å²) in [5.41, 5.74) is 0. The summed E-state index contributed by atoms with van der Waals surface area (Å²) in [7, 11) is 0. The highest BCUT2D eigenvalue weighted by atomic mass is 127. The molecule has 1 N–H and O–H groups in total. The number of hydrogen-bond donors (Lipinski definition) is 1. The van der Waals surface area contributed by atoms with E-state index >= 15 is 0 Å². The molecule has 0 aliphatic heterocycles. The van der Waals surface area contributed by atoms with Gasteiger partial charge in [-0.15, -0.1) is 0 Å². The van der Waals surface area contributed by atoms with Gasteiger partial charge in [0.1, 0.15) is 4.93 Å². The van der Waals surface area contributed by atoms with Crippen LogP contribution in [0.1, 0.15) is 97.8 Å². The lowest BCUT2D eigenvalue weighted by atomic mass is 9.71. The van der Waals surface area contributed by atoms with Crippen molar-refractivity contribution < 1.29 is 32.5 Å². The molecule has 2 aliphatic rings. The van der Waals surface area contributed by atoms with Crippen molar-refractivity contribution in [3.8, 4) is 0 Å². The quantitative estimate of drug-likeness (QED) is 0.513.